The minimum absolute atomic E-state index is 0.0529. The number of amides is 1. The second-order valence-corrected chi connectivity index (χ2v) is 8.68. The van der Waals surface area contributed by atoms with Crippen molar-refractivity contribution in [1.82, 2.24) is 9.80 Å². The van der Waals surface area contributed by atoms with Gasteiger partial charge in [0.05, 0.1) is 27.9 Å². The third-order valence-corrected chi connectivity index (χ3v) is 6.34. The molecule has 0 unspecified atom stereocenters. The number of nitro groups is 1. The highest BCUT2D eigenvalue weighted by molar-refractivity contribution is 6.37. The van der Waals surface area contributed by atoms with E-state index in [1.807, 2.05) is 7.05 Å². The third-order valence-electron chi connectivity index (χ3n) is 6.02. The predicted octanol–water partition coefficient (Wildman–Crippen LogP) is 3.07. The zero-order chi connectivity index (χ0) is 24.0. The topological polar surface area (TPSA) is 94.7 Å². The number of piperazine rings is 1. The lowest BCUT2D eigenvalue weighted by molar-refractivity contribution is -0.384. The Morgan fingerprint density at radius 3 is 2.59 bits per heavy atom. The Labute approximate surface area is 199 Å². The maximum atomic E-state index is 13.7. The largest absolute Gasteiger partial charge is 0.373 e. The molecule has 3 aliphatic heterocycles. The SMILES string of the molecule is CN1CCN(C=C2N=C3CN=C(c4ccc(F)cc4Cl)c4cc([N+](=O)[O-])ccc4N3C2=O)CC1. The van der Waals surface area contributed by atoms with E-state index in [0.29, 0.717) is 34.1 Å². The van der Waals surface area contributed by atoms with Gasteiger partial charge in [0.2, 0.25) is 0 Å². The normalized spacial score (nSPS) is 19.5. The average molecular weight is 483 g/mol. The number of hydrogen-bond donors (Lipinski definition) is 0. The minimum atomic E-state index is -0.519. The summed E-state index contributed by atoms with van der Waals surface area (Å²) in [6.07, 6.45) is 1.77. The Hall–Kier alpha value is -3.63. The zero-order valence-corrected chi connectivity index (χ0v) is 19.0. The molecular weight excluding hydrogens is 463 g/mol. The molecule has 174 valence electrons. The number of fused-ring (bicyclic) bond motifs is 3. The summed E-state index contributed by atoms with van der Waals surface area (Å²) in [4.78, 5) is 39.3. The number of carbonyl (C=O) groups is 1. The van der Waals surface area contributed by atoms with Gasteiger partial charge >= 0.3 is 0 Å². The molecule has 3 heterocycles. The summed E-state index contributed by atoms with van der Waals surface area (Å²) in [5, 5.41) is 11.6. The highest BCUT2D eigenvalue weighted by Gasteiger charge is 2.37. The smallest absolute Gasteiger partial charge is 0.284 e. The van der Waals surface area contributed by atoms with E-state index in [4.69, 9.17) is 11.6 Å². The molecule has 2 aromatic carbocycles. The summed E-state index contributed by atoms with van der Waals surface area (Å²) in [6, 6.07) is 8.07. The van der Waals surface area contributed by atoms with Crippen molar-refractivity contribution in [2.45, 2.75) is 0 Å². The van der Waals surface area contributed by atoms with Crippen molar-refractivity contribution in [2.75, 3.05) is 44.7 Å². The molecule has 0 radical (unpaired) electrons. The van der Waals surface area contributed by atoms with Gasteiger partial charge in [-0.15, -0.1) is 0 Å². The van der Waals surface area contributed by atoms with Gasteiger partial charge in [0.25, 0.3) is 11.6 Å². The highest BCUT2D eigenvalue weighted by Crippen LogP contribution is 2.35. The van der Waals surface area contributed by atoms with E-state index < -0.39 is 10.7 Å². The molecule has 0 aromatic heterocycles. The molecular formula is C23H20ClFN6O3. The summed E-state index contributed by atoms with van der Waals surface area (Å²) in [6.45, 7) is 3.39. The number of nitro benzene ring substituents is 1. The van der Waals surface area contributed by atoms with Crippen LogP contribution in [0, 0.1) is 15.9 Å². The molecule has 11 heteroatoms. The molecule has 1 amide bonds. The first kappa shape index (κ1) is 22.2. The van der Waals surface area contributed by atoms with E-state index in [2.05, 4.69) is 19.8 Å². The van der Waals surface area contributed by atoms with Crippen molar-refractivity contribution in [3.8, 4) is 0 Å². The molecule has 0 saturated carbocycles. The van der Waals surface area contributed by atoms with Gasteiger partial charge in [-0.2, -0.15) is 0 Å². The molecule has 0 atom stereocenters. The number of carbonyl (C=O) groups excluding carboxylic acids is 1. The Balaban J connectivity index is 1.61. The molecule has 1 fully saturated rings. The summed E-state index contributed by atoms with van der Waals surface area (Å²) in [5.74, 6) is -0.430. The average Bonchev–Trinajstić information content (AvgIpc) is 3.01. The van der Waals surface area contributed by atoms with Gasteiger partial charge in [0, 0.05) is 55.6 Å². The summed E-state index contributed by atoms with van der Waals surface area (Å²) >= 11 is 6.29. The van der Waals surface area contributed by atoms with Gasteiger partial charge in [0.1, 0.15) is 17.3 Å². The Bertz CT molecular complexity index is 1300. The van der Waals surface area contributed by atoms with Crippen LogP contribution in [0.15, 0.2) is 58.3 Å². The Morgan fingerprint density at radius 2 is 1.88 bits per heavy atom. The minimum Gasteiger partial charge on any atom is -0.373 e. The highest BCUT2D eigenvalue weighted by atomic mass is 35.5. The number of likely N-dealkylation sites (N-methyl/N-ethyl adjacent to an activating group) is 1. The van der Waals surface area contributed by atoms with Crippen LogP contribution in [0.25, 0.3) is 0 Å². The van der Waals surface area contributed by atoms with Crippen molar-refractivity contribution in [2.24, 2.45) is 9.98 Å². The first-order valence-electron chi connectivity index (χ1n) is 10.7. The number of nitrogens with zero attached hydrogens (tertiary/aromatic N) is 6. The van der Waals surface area contributed by atoms with Crippen LogP contribution in [-0.4, -0.2) is 71.9 Å². The van der Waals surface area contributed by atoms with Crippen LogP contribution in [-0.2, 0) is 4.79 Å². The quantitative estimate of drug-likeness (QED) is 0.380. The predicted molar refractivity (Wildman–Crippen MR) is 127 cm³/mol. The van der Waals surface area contributed by atoms with E-state index in [1.165, 1.54) is 35.2 Å². The Kier molecular flexibility index (Phi) is 5.62. The summed E-state index contributed by atoms with van der Waals surface area (Å²) in [5.41, 5.74) is 1.63. The van der Waals surface area contributed by atoms with Crippen molar-refractivity contribution in [3.63, 3.8) is 0 Å². The number of rotatable bonds is 3. The van der Waals surface area contributed by atoms with Crippen molar-refractivity contribution < 1.29 is 14.1 Å². The number of anilines is 1. The summed E-state index contributed by atoms with van der Waals surface area (Å²) in [7, 11) is 2.05. The molecule has 5 rings (SSSR count). The standard InChI is InChI=1S/C23H20ClFN6O3/c1-28-6-8-29(9-7-28)13-19-23(32)30-20-5-3-15(31(33)34)11-17(20)22(26-12-21(30)27-19)16-4-2-14(25)10-18(16)24/h2-5,10-11,13H,6-9,12H2,1H3. The van der Waals surface area contributed by atoms with E-state index in [9.17, 15) is 19.3 Å². The number of halogens is 2. The van der Waals surface area contributed by atoms with Crippen LogP contribution in [0.1, 0.15) is 11.1 Å². The van der Waals surface area contributed by atoms with Crippen molar-refractivity contribution in [3.05, 3.63) is 80.4 Å². The number of aliphatic imine (C=N–C) groups is 2. The lowest BCUT2D eigenvalue weighted by atomic mass is 9.99. The maximum absolute atomic E-state index is 13.7. The molecule has 9 nitrogen and oxygen atoms in total. The van der Waals surface area contributed by atoms with E-state index in [-0.39, 0.29) is 23.2 Å². The number of amidine groups is 1. The summed E-state index contributed by atoms with van der Waals surface area (Å²) < 4.78 is 13.7. The van der Waals surface area contributed by atoms with Crippen LogP contribution >= 0.6 is 11.6 Å². The lowest BCUT2D eigenvalue weighted by Gasteiger charge is -2.31. The molecule has 0 bridgehead atoms. The second kappa shape index (κ2) is 8.62. The van der Waals surface area contributed by atoms with Crippen LogP contribution in [0.2, 0.25) is 5.02 Å². The fourth-order valence-corrected chi connectivity index (χ4v) is 4.46. The van der Waals surface area contributed by atoms with Gasteiger partial charge < -0.3 is 9.80 Å². The molecule has 3 aliphatic rings. The molecule has 0 N–H and O–H groups in total. The van der Waals surface area contributed by atoms with E-state index in [1.54, 1.807) is 6.20 Å². The molecule has 34 heavy (non-hydrogen) atoms. The molecule has 0 aliphatic carbocycles. The van der Waals surface area contributed by atoms with E-state index >= 15 is 0 Å². The van der Waals surface area contributed by atoms with Crippen LogP contribution in [0.3, 0.4) is 0 Å². The second-order valence-electron chi connectivity index (χ2n) is 8.27. The Morgan fingerprint density at radius 1 is 1.12 bits per heavy atom. The van der Waals surface area contributed by atoms with Crippen LogP contribution in [0.4, 0.5) is 15.8 Å². The third kappa shape index (κ3) is 3.95. The van der Waals surface area contributed by atoms with E-state index in [0.717, 1.165) is 32.2 Å². The van der Waals surface area contributed by atoms with Crippen molar-refractivity contribution in [1.29, 1.82) is 0 Å². The van der Waals surface area contributed by atoms with Gasteiger partial charge in [-0.05, 0) is 31.3 Å². The lowest BCUT2D eigenvalue weighted by Crippen LogP contribution is -2.42. The fourth-order valence-electron chi connectivity index (χ4n) is 4.20. The first-order chi connectivity index (χ1) is 16.3. The maximum Gasteiger partial charge on any atom is 0.284 e. The van der Waals surface area contributed by atoms with Gasteiger partial charge in [-0.25, -0.2) is 9.38 Å². The molecule has 2 aromatic rings. The zero-order valence-electron chi connectivity index (χ0n) is 18.2. The monoisotopic (exact) mass is 482 g/mol. The van der Waals surface area contributed by atoms with Crippen LogP contribution in [0.5, 0.6) is 0 Å². The number of hydrogen-bond acceptors (Lipinski definition) is 7. The van der Waals surface area contributed by atoms with Crippen molar-refractivity contribution >= 4 is 40.4 Å². The van der Waals surface area contributed by atoms with Gasteiger partial charge in [-0.1, -0.05) is 11.6 Å². The number of non-ortho nitro benzene ring substituents is 1. The van der Waals surface area contributed by atoms with Gasteiger partial charge in [0.15, 0.2) is 0 Å². The first-order valence-corrected chi connectivity index (χ1v) is 11.0. The molecule has 1 saturated heterocycles. The van der Waals surface area contributed by atoms with Crippen LogP contribution < -0.4 is 4.90 Å². The number of benzene rings is 2. The van der Waals surface area contributed by atoms with Gasteiger partial charge in [-0.3, -0.25) is 24.8 Å². The fraction of sp³-hybridized carbons (Fsp3) is 0.261. The molecule has 0 spiro atoms.